The highest BCUT2D eigenvalue weighted by molar-refractivity contribution is 14.0. The molecular weight excluding hydrogens is 443 g/mol. The molecule has 0 amide bonds. The Morgan fingerprint density at radius 1 is 1.27 bits per heavy atom. The van der Waals surface area contributed by atoms with Gasteiger partial charge in [-0.05, 0) is 44.0 Å². The maximum atomic E-state index is 5.44. The van der Waals surface area contributed by atoms with Crippen molar-refractivity contribution in [2.75, 3.05) is 47.4 Å². The molecule has 0 radical (unpaired) electrons. The Labute approximate surface area is 174 Å². The van der Waals surface area contributed by atoms with Crippen molar-refractivity contribution in [1.29, 1.82) is 0 Å². The van der Waals surface area contributed by atoms with Crippen LogP contribution in [0.4, 0.5) is 0 Å². The standard InChI is InChI=1S/C19H32N4O2.HI/c1-5-9-23-10-8-15(14-23)12-21-19(20-2)22-13-16-6-7-17(24-3)11-18(16)25-4;/h6-7,11,15H,5,8-10,12-14H2,1-4H3,(H2,20,21,22);1H. The molecule has 1 aliphatic heterocycles. The van der Waals surface area contributed by atoms with E-state index in [2.05, 4.69) is 27.4 Å². The average Bonchev–Trinajstić information content (AvgIpc) is 3.09. The van der Waals surface area contributed by atoms with Crippen molar-refractivity contribution in [2.45, 2.75) is 26.3 Å². The van der Waals surface area contributed by atoms with Gasteiger partial charge in [-0.1, -0.05) is 6.92 Å². The van der Waals surface area contributed by atoms with Gasteiger partial charge in [0.2, 0.25) is 0 Å². The molecule has 0 bridgehead atoms. The number of hydrogen-bond donors (Lipinski definition) is 2. The zero-order valence-corrected chi connectivity index (χ0v) is 18.7. The van der Waals surface area contributed by atoms with Crippen molar-refractivity contribution >= 4 is 29.9 Å². The van der Waals surface area contributed by atoms with Crippen molar-refractivity contribution in [1.82, 2.24) is 15.5 Å². The number of likely N-dealkylation sites (tertiary alicyclic amines) is 1. The molecule has 1 aromatic rings. The lowest BCUT2D eigenvalue weighted by atomic mass is 10.1. The largest absolute Gasteiger partial charge is 0.497 e. The van der Waals surface area contributed by atoms with Gasteiger partial charge in [-0.25, -0.2) is 0 Å². The highest BCUT2D eigenvalue weighted by Crippen LogP contribution is 2.24. The molecule has 2 N–H and O–H groups in total. The Morgan fingerprint density at radius 3 is 2.73 bits per heavy atom. The van der Waals surface area contributed by atoms with Crippen LogP contribution in [0.3, 0.4) is 0 Å². The van der Waals surface area contributed by atoms with Gasteiger partial charge >= 0.3 is 0 Å². The highest BCUT2D eigenvalue weighted by atomic mass is 127. The molecule has 0 aliphatic carbocycles. The van der Waals surface area contributed by atoms with E-state index in [0.29, 0.717) is 12.5 Å². The predicted molar refractivity (Wildman–Crippen MR) is 118 cm³/mol. The minimum absolute atomic E-state index is 0. The van der Waals surface area contributed by atoms with Crippen molar-refractivity contribution in [2.24, 2.45) is 10.9 Å². The molecule has 6 nitrogen and oxygen atoms in total. The lowest BCUT2D eigenvalue weighted by Gasteiger charge is -2.17. The van der Waals surface area contributed by atoms with Crippen LogP contribution in [0.25, 0.3) is 0 Å². The predicted octanol–water partition coefficient (Wildman–Crippen LogP) is 2.72. The Morgan fingerprint density at radius 2 is 2.08 bits per heavy atom. The molecule has 26 heavy (non-hydrogen) atoms. The molecule has 0 spiro atoms. The Kier molecular flexibility index (Phi) is 10.7. The molecule has 1 atom stereocenters. The molecule has 2 rings (SSSR count). The number of methoxy groups -OCH3 is 2. The number of nitrogens with zero attached hydrogens (tertiary/aromatic N) is 2. The summed E-state index contributed by atoms with van der Waals surface area (Å²) in [4.78, 5) is 6.87. The lowest BCUT2D eigenvalue weighted by molar-refractivity contribution is 0.324. The summed E-state index contributed by atoms with van der Waals surface area (Å²) in [6.07, 6.45) is 2.49. The molecule has 0 saturated carbocycles. The third-order valence-electron chi connectivity index (χ3n) is 4.63. The molecule has 1 aromatic carbocycles. The van der Waals surface area contributed by atoms with Crippen LogP contribution in [0.2, 0.25) is 0 Å². The maximum absolute atomic E-state index is 5.44. The van der Waals surface area contributed by atoms with Crippen LogP contribution in [0.5, 0.6) is 11.5 Å². The van der Waals surface area contributed by atoms with Crippen molar-refractivity contribution < 1.29 is 9.47 Å². The van der Waals surface area contributed by atoms with Crippen LogP contribution in [-0.4, -0.2) is 58.3 Å². The summed E-state index contributed by atoms with van der Waals surface area (Å²) in [6, 6.07) is 5.85. The highest BCUT2D eigenvalue weighted by Gasteiger charge is 2.21. The Bertz CT molecular complexity index is 568. The Hall–Kier alpha value is -1.22. The molecule has 1 fully saturated rings. The van der Waals surface area contributed by atoms with Gasteiger partial charge in [-0.2, -0.15) is 0 Å². The van der Waals surface area contributed by atoms with Gasteiger partial charge in [0.1, 0.15) is 11.5 Å². The van der Waals surface area contributed by atoms with Crippen LogP contribution < -0.4 is 20.1 Å². The molecule has 1 unspecified atom stereocenters. The first-order valence-electron chi connectivity index (χ1n) is 9.07. The molecule has 148 valence electrons. The minimum atomic E-state index is 0. The molecule has 7 heteroatoms. The Balaban J connectivity index is 0.00000338. The quantitative estimate of drug-likeness (QED) is 0.344. The summed E-state index contributed by atoms with van der Waals surface area (Å²) in [6.45, 7) is 7.46. The van der Waals surface area contributed by atoms with E-state index in [1.807, 2.05) is 18.2 Å². The number of guanidine groups is 1. The molecule has 1 heterocycles. The number of rotatable bonds is 8. The summed E-state index contributed by atoms with van der Waals surface area (Å²) < 4.78 is 10.7. The van der Waals surface area contributed by atoms with Gasteiger partial charge in [0, 0.05) is 38.3 Å². The molecule has 1 aliphatic rings. The summed E-state index contributed by atoms with van der Waals surface area (Å²) in [5.74, 6) is 3.13. The van der Waals surface area contributed by atoms with Gasteiger partial charge in [-0.3, -0.25) is 4.99 Å². The first-order chi connectivity index (χ1) is 12.2. The van der Waals surface area contributed by atoms with Crippen LogP contribution in [-0.2, 0) is 6.54 Å². The van der Waals surface area contributed by atoms with E-state index in [1.165, 1.54) is 32.5 Å². The van der Waals surface area contributed by atoms with Crippen LogP contribution >= 0.6 is 24.0 Å². The second-order valence-electron chi connectivity index (χ2n) is 6.44. The van der Waals surface area contributed by atoms with Gasteiger partial charge in [0.05, 0.1) is 14.2 Å². The third-order valence-corrected chi connectivity index (χ3v) is 4.63. The monoisotopic (exact) mass is 476 g/mol. The SMILES string of the molecule is CCCN1CCC(CNC(=NC)NCc2ccc(OC)cc2OC)C1.I. The lowest BCUT2D eigenvalue weighted by Crippen LogP contribution is -2.40. The van der Waals surface area contributed by atoms with E-state index in [4.69, 9.17) is 9.47 Å². The fraction of sp³-hybridized carbons (Fsp3) is 0.632. The van der Waals surface area contributed by atoms with E-state index in [0.717, 1.165) is 29.6 Å². The molecular formula is C19H33IN4O2. The first kappa shape index (κ1) is 22.8. The fourth-order valence-electron chi connectivity index (χ4n) is 3.24. The molecule has 1 saturated heterocycles. The minimum Gasteiger partial charge on any atom is -0.497 e. The summed E-state index contributed by atoms with van der Waals surface area (Å²) in [7, 11) is 5.13. The van der Waals surface area contributed by atoms with E-state index in [1.54, 1.807) is 21.3 Å². The van der Waals surface area contributed by atoms with Crippen LogP contribution in [0, 0.1) is 5.92 Å². The van der Waals surface area contributed by atoms with Crippen LogP contribution in [0.15, 0.2) is 23.2 Å². The van der Waals surface area contributed by atoms with Crippen molar-refractivity contribution in [3.8, 4) is 11.5 Å². The number of nitrogens with one attached hydrogen (secondary N) is 2. The van der Waals surface area contributed by atoms with Gasteiger partial charge in [0.15, 0.2) is 5.96 Å². The van der Waals surface area contributed by atoms with E-state index in [-0.39, 0.29) is 24.0 Å². The number of halogens is 1. The maximum Gasteiger partial charge on any atom is 0.191 e. The average molecular weight is 476 g/mol. The third kappa shape index (κ3) is 6.83. The van der Waals surface area contributed by atoms with Crippen molar-refractivity contribution in [3.63, 3.8) is 0 Å². The normalized spacial score (nSPS) is 17.5. The van der Waals surface area contributed by atoms with Gasteiger partial charge < -0.3 is 25.0 Å². The molecule has 0 aromatic heterocycles. The van der Waals surface area contributed by atoms with E-state index >= 15 is 0 Å². The second kappa shape index (κ2) is 12.2. The summed E-state index contributed by atoms with van der Waals surface area (Å²) >= 11 is 0. The number of benzene rings is 1. The topological polar surface area (TPSA) is 58.1 Å². The zero-order valence-electron chi connectivity index (χ0n) is 16.4. The van der Waals surface area contributed by atoms with E-state index in [9.17, 15) is 0 Å². The van der Waals surface area contributed by atoms with Crippen LogP contribution in [0.1, 0.15) is 25.3 Å². The van der Waals surface area contributed by atoms with Crippen molar-refractivity contribution in [3.05, 3.63) is 23.8 Å². The van der Waals surface area contributed by atoms with Gasteiger partial charge in [-0.15, -0.1) is 24.0 Å². The second-order valence-corrected chi connectivity index (χ2v) is 6.44. The summed E-state index contributed by atoms with van der Waals surface area (Å²) in [5.41, 5.74) is 1.07. The van der Waals surface area contributed by atoms with Gasteiger partial charge in [0.25, 0.3) is 0 Å². The number of ether oxygens (including phenoxy) is 2. The zero-order chi connectivity index (χ0) is 18.1. The first-order valence-corrected chi connectivity index (χ1v) is 9.07. The van der Waals surface area contributed by atoms with E-state index < -0.39 is 0 Å². The smallest absolute Gasteiger partial charge is 0.191 e. The number of hydrogen-bond acceptors (Lipinski definition) is 4. The fourth-order valence-corrected chi connectivity index (χ4v) is 3.24. The number of aliphatic imine (C=N–C) groups is 1. The summed E-state index contributed by atoms with van der Waals surface area (Å²) in [5, 5.41) is 6.81.